The minimum atomic E-state index is -0.378. The van der Waals surface area contributed by atoms with Crippen LogP contribution in [0.15, 0.2) is 52.9 Å². The monoisotopic (exact) mass is 413 g/mol. The fourth-order valence-corrected chi connectivity index (χ4v) is 3.73. The lowest BCUT2D eigenvalue weighted by Crippen LogP contribution is -2.14. The summed E-state index contributed by atoms with van der Waals surface area (Å²) in [4.78, 5) is 28.3. The second kappa shape index (κ2) is 9.48. The number of benzene rings is 2. The second-order valence-corrected chi connectivity index (χ2v) is 7.86. The van der Waals surface area contributed by atoms with E-state index in [2.05, 4.69) is 14.7 Å². The normalized spacial score (nSPS) is 10.5. The zero-order chi connectivity index (χ0) is 19.9. The van der Waals surface area contributed by atoms with Gasteiger partial charge in [0, 0.05) is 11.3 Å². The van der Waals surface area contributed by atoms with Crippen LogP contribution in [0.25, 0.3) is 11.4 Å². The fraction of sp³-hybridized carbons (Fsp3) is 0.200. The van der Waals surface area contributed by atoms with Crippen LogP contribution in [0.3, 0.4) is 0 Å². The van der Waals surface area contributed by atoms with Crippen molar-refractivity contribution in [2.24, 2.45) is 0 Å². The van der Waals surface area contributed by atoms with E-state index in [-0.39, 0.29) is 17.6 Å². The Morgan fingerprint density at radius 3 is 2.50 bits per heavy atom. The highest BCUT2D eigenvalue weighted by Crippen LogP contribution is 2.25. The van der Waals surface area contributed by atoms with Crippen LogP contribution < -0.4 is 5.32 Å². The molecule has 3 rings (SSSR count). The van der Waals surface area contributed by atoms with Crippen molar-refractivity contribution in [2.45, 2.75) is 18.2 Å². The predicted octanol–water partition coefficient (Wildman–Crippen LogP) is 4.42. The van der Waals surface area contributed by atoms with Crippen LogP contribution in [0.4, 0.5) is 5.69 Å². The molecule has 0 fully saturated rings. The molecule has 8 heteroatoms. The molecule has 1 aromatic heterocycles. The number of nitrogens with one attached hydrogen (secondary N) is 1. The largest absolute Gasteiger partial charge is 0.462 e. The first-order valence-corrected chi connectivity index (χ1v) is 10.4. The molecule has 1 heterocycles. The number of amides is 1. The Balaban J connectivity index is 1.52. The number of ether oxygens (including phenoxy) is 1. The summed E-state index contributed by atoms with van der Waals surface area (Å²) in [6, 6.07) is 14.6. The number of nitrogens with zero attached hydrogens (tertiary/aromatic N) is 2. The van der Waals surface area contributed by atoms with E-state index in [1.807, 2.05) is 31.2 Å². The Morgan fingerprint density at radius 1 is 1.11 bits per heavy atom. The van der Waals surface area contributed by atoms with E-state index in [9.17, 15) is 9.59 Å². The summed E-state index contributed by atoms with van der Waals surface area (Å²) in [7, 11) is 0. The van der Waals surface area contributed by atoms with Crippen LogP contribution in [0, 0.1) is 6.92 Å². The van der Waals surface area contributed by atoms with E-state index < -0.39 is 0 Å². The first-order valence-electron chi connectivity index (χ1n) is 8.65. The molecular formula is C20H19N3O3S2. The predicted molar refractivity (Wildman–Crippen MR) is 112 cm³/mol. The number of anilines is 1. The molecule has 1 N–H and O–H groups in total. The van der Waals surface area contributed by atoms with Gasteiger partial charge in [0.15, 0.2) is 10.2 Å². The standard InChI is InChI=1S/C20H19N3O3S2/c1-3-26-19(25)15-8-10-16(11-9-15)21-17(24)12-27-20-22-18(23-28-20)14-6-4-13(2)5-7-14/h4-11H,3,12H2,1-2H3,(H,21,24). The summed E-state index contributed by atoms with van der Waals surface area (Å²) in [6.45, 7) is 4.11. The van der Waals surface area contributed by atoms with Gasteiger partial charge >= 0.3 is 5.97 Å². The number of carbonyl (C=O) groups is 2. The van der Waals surface area contributed by atoms with Gasteiger partial charge in [0.25, 0.3) is 0 Å². The number of carbonyl (C=O) groups excluding carboxylic acids is 2. The second-order valence-electron chi connectivity index (χ2n) is 5.88. The molecule has 3 aromatic rings. The number of aromatic nitrogens is 2. The van der Waals surface area contributed by atoms with E-state index in [1.54, 1.807) is 31.2 Å². The molecule has 0 saturated heterocycles. The number of rotatable bonds is 7. The maximum Gasteiger partial charge on any atom is 0.338 e. The lowest BCUT2D eigenvalue weighted by molar-refractivity contribution is -0.113. The van der Waals surface area contributed by atoms with Crippen LogP contribution in [-0.4, -0.2) is 33.6 Å². The van der Waals surface area contributed by atoms with E-state index >= 15 is 0 Å². The highest BCUT2D eigenvalue weighted by atomic mass is 32.2. The molecule has 0 aliphatic heterocycles. The van der Waals surface area contributed by atoms with Crippen molar-refractivity contribution in [1.29, 1.82) is 0 Å². The van der Waals surface area contributed by atoms with Gasteiger partial charge in [-0.2, -0.15) is 4.37 Å². The van der Waals surface area contributed by atoms with Crippen molar-refractivity contribution in [2.75, 3.05) is 17.7 Å². The highest BCUT2D eigenvalue weighted by molar-refractivity contribution is 8.01. The molecule has 0 unspecified atom stereocenters. The van der Waals surface area contributed by atoms with Crippen molar-refractivity contribution in [3.63, 3.8) is 0 Å². The van der Waals surface area contributed by atoms with E-state index in [4.69, 9.17) is 4.74 Å². The third kappa shape index (κ3) is 5.40. The van der Waals surface area contributed by atoms with Gasteiger partial charge in [0.05, 0.1) is 17.9 Å². The Bertz CT molecular complexity index is 954. The maximum atomic E-state index is 12.2. The molecule has 0 aliphatic carbocycles. The third-order valence-corrected chi connectivity index (χ3v) is 5.56. The third-order valence-electron chi connectivity index (χ3n) is 3.72. The summed E-state index contributed by atoms with van der Waals surface area (Å²) in [6.07, 6.45) is 0. The van der Waals surface area contributed by atoms with Gasteiger partial charge < -0.3 is 10.1 Å². The molecule has 0 spiro atoms. The molecule has 1 amide bonds. The van der Waals surface area contributed by atoms with Crippen molar-refractivity contribution in [1.82, 2.24) is 9.36 Å². The van der Waals surface area contributed by atoms with Gasteiger partial charge in [-0.15, -0.1) is 0 Å². The van der Waals surface area contributed by atoms with Crippen molar-refractivity contribution < 1.29 is 14.3 Å². The highest BCUT2D eigenvalue weighted by Gasteiger charge is 2.11. The number of aryl methyl sites for hydroxylation is 1. The fourth-order valence-electron chi connectivity index (χ4n) is 2.32. The van der Waals surface area contributed by atoms with E-state index in [0.717, 1.165) is 9.90 Å². The van der Waals surface area contributed by atoms with Crippen molar-refractivity contribution in [3.05, 3.63) is 59.7 Å². The lowest BCUT2D eigenvalue weighted by Gasteiger charge is -2.06. The molecule has 0 bridgehead atoms. The van der Waals surface area contributed by atoms with Gasteiger partial charge in [-0.1, -0.05) is 41.6 Å². The first kappa shape index (κ1) is 20.0. The Morgan fingerprint density at radius 2 is 1.82 bits per heavy atom. The first-order chi connectivity index (χ1) is 13.5. The Labute approximate surface area is 171 Å². The van der Waals surface area contributed by atoms with Crippen molar-refractivity contribution >= 4 is 40.9 Å². The lowest BCUT2D eigenvalue weighted by atomic mass is 10.1. The van der Waals surface area contributed by atoms with Gasteiger partial charge in [-0.3, -0.25) is 4.79 Å². The molecule has 2 aromatic carbocycles. The molecule has 144 valence electrons. The summed E-state index contributed by atoms with van der Waals surface area (Å²) >= 11 is 2.62. The molecular weight excluding hydrogens is 394 g/mol. The van der Waals surface area contributed by atoms with Crippen LogP contribution in [0.5, 0.6) is 0 Å². The maximum absolute atomic E-state index is 12.2. The quantitative estimate of drug-likeness (QED) is 0.456. The van der Waals surface area contributed by atoms with Crippen LogP contribution >= 0.6 is 23.3 Å². The summed E-state index contributed by atoms with van der Waals surface area (Å²) in [5.74, 6) is 0.363. The van der Waals surface area contributed by atoms with E-state index in [0.29, 0.717) is 23.7 Å². The Kier molecular flexibility index (Phi) is 6.78. The molecule has 28 heavy (non-hydrogen) atoms. The molecule has 0 radical (unpaired) electrons. The topological polar surface area (TPSA) is 81.2 Å². The smallest absolute Gasteiger partial charge is 0.338 e. The zero-order valence-electron chi connectivity index (χ0n) is 15.5. The van der Waals surface area contributed by atoms with Crippen LogP contribution in [0.2, 0.25) is 0 Å². The number of esters is 1. The van der Waals surface area contributed by atoms with Gasteiger partial charge in [0.1, 0.15) is 0 Å². The zero-order valence-corrected chi connectivity index (χ0v) is 17.1. The number of hydrogen-bond donors (Lipinski definition) is 1. The van der Waals surface area contributed by atoms with Gasteiger partial charge in [-0.25, -0.2) is 9.78 Å². The summed E-state index contributed by atoms with van der Waals surface area (Å²) < 4.78 is 10.0. The minimum Gasteiger partial charge on any atom is -0.462 e. The SMILES string of the molecule is CCOC(=O)c1ccc(NC(=O)CSc2nc(-c3ccc(C)cc3)ns2)cc1. The minimum absolute atomic E-state index is 0.152. The van der Waals surface area contributed by atoms with Gasteiger partial charge in [0.2, 0.25) is 5.91 Å². The average molecular weight is 414 g/mol. The van der Waals surface area contributed by atoms with E-state index in [1.165, 1.54) is 28.9 Å². The summed E-state index contributed by atoms with van der Waals surface area (Å²) in [5, 5.41) is 2.80. The molecule has 0 atom stereocenters. The molecule has 6 nitrogen and oxygen atoms in total. The molecule has 0 aliphatic rings. The average Bonchev–Trinajstić information content (AvgIpc) is 3.17. The number of thioether (sulfide) groups is 1. The van der Waals surface area contributed by atoms with Crippen LogP contribution in [0.1, 0.15) is 22.8 Å². The van der Waals surface area contributed by atoms with Crippen LogP contribution in [-0.2, 0) is 9.53 Å². The van der Waals surface area contributed by atoms with Crippen molar-refractivity contribution in [3.8, 4) is 11.4 Å². The number of hydrogen-bond acceptors (Lipinski definition) is 7. The Hall–Kier alpha value is -2.71. The van der Waals surface area contributed by atoms with Gasteiger partial charge in [-0.05, 0) is 49.6 Å². The summed E-state index contributed by atoms with van der Waals surface area (Å²) in [5.41, 5.74) is 3.21. The molecule has 0 saturated carbocycles.